The van der Waals surface area contributed by atoms with Crippen molar-refractivity contribution in [3.05, 3.63) is 16.1 Å². The molecule has 19 heavy (non-hydrogen) atoms. The van der Waals surface area contributed by atoms with Crippen LogP contribution in [0, 0.1) is 0 Å². The summed E-state index contributed by atoms with van der Waals surface area (Å²) in [7, 11) is 0. The molecule has 5 nitrogen and oxygen atoms in total. The van der Waals surface area contributed by atoms with E-state index in [1.165, 1.54) is 31.1 Å². The molecule has 0 spiro atoms. The Bertz CT molecular complexity index is 418. The second-order valence-corrected chi connectivity index (χ2v) is 5.22. The fourth-order valence-electron chi connectivity index (χ4n) is 1.67. The van der Waals surface area contributed by atoms with E-state index in [0.29, 0.717) is 6.54 Å². The van der Waals surface area contributed by atoms with Gasteiger partial charge < -0.3 is 10.4 Å². The monoisotopic (exact) mass is 284 g/mol. The van der Waals surface area contributed by atoms with Crippen molar-refractivity contribution in [1.82, 2.24) is 10.3 Å². The highest BCUT2D eigenvalue weighted by Gasteiger charge is 2.13. The van der Waals surface area contributed by atoms with Crippen molar-refractivity contribution in [2.45, 2.75) is 45.4 Å². The molecule has 1 aromatic heterocycles. The second kappa shape index (κ2) is 8.63. The number of nitrogens with one attached hydrogen (secondary N) is 1. The van der Waals surface area contributed by atoms with Crippen LogP contribution in [-0.4, -0.2) is 28.5 Å². The van der Waals surface area contributed by atoms with Crippen LogP contribution in [0.4, 0.5) is 0 Å². The Labute approximate surface area is 117 Å². The Kier molecular flexibility index (Phi) is 7.10. The van der Waals surface area contributed by atoms with Gasteiger partial charge in [0.05, 0.1) is 0 Å². The van der Waals surface area contributed by atoms with Gasteiger partial charge in [-0.1, -0.05) is 39.0 Å². The van der Waals surface area contributed by atoms with Crippen molar-refractivity contribution in [2.24, 2.45) is 0 Å². The SMILES string of the molecule is CCCCCCCCNC(=O)c1csc(C(=O)O)n1. The average molecular weight is 284 g/mol. The van der Waals surface area contributed by atoms with Crippen molar-refractivity contribution in [1.29, 1.82) is 0 Å². The molecule has 0 aromatic carbocycles. The number of carboxylic acid groups (broad SMARTS) is 1. The fraction of sp³-hybridized carbons (Fsp3) is 0.615. The van der Waals surface area contributed by atoms with Gasteiger partial charge in [-0.2, -0.15) is 0 Å². The molecule has 6 heteroatoms. The van der Waals surface area contributed by atoms with E-state index in [0.717, 1.165) is 24.2 Å². The van der Waals surface area contributed by atoms with Gasteiger partial charge in [-0.3, -0.25) is 4.79 Å². The van der Waals surface area contributed by atoms with Crippen molar-refractivity contribution in [3.8, 4) is 0 Å². The summed E-state index contributed by atoms with van der Waals surface area (Å²) in [5.41, 5.74) is 0.188. The molecule has 0 radical (unpaired) electrons. The van der Waals surface area contributed by atoms with Gasteiger partial charge in [-0.15, -0.1) is 11.3 Å². The van der Waals surface area contributed by atoms with E-state index in [4.69, 9.17) is 5.11 Å². The highest BCUT2D eigenvalue weighted by atomic mass is 32.1. The minimum absolute atomic E-state index is 0.0512. The topological polar surface area (TPSA) is 79.3 Å². The Morgan fingerprint density at radius 2 is 1.95 bits per heavy atom. The number of thiazole rings is 1. The van der Waals surface area contributed by atoms with Crippen LogP contribution < -0.4 is 5.32 Å². The number of rotatable bonds is 9. The average Bonchev–Trinajstić information content (AvgIpc) is 2.87. The van der Waals surface area contributed by atoms with Crippen LogP contribution in [0.1, 0.15) is 65.7 Å². The van der Waals surface area contributed by atoms with Gasteiger partial charge >= 0.3 is 5.97 Å². The lowest BCUT2D eigenvalue weighted by Gasteiger charge is -2.03. The van der Waals surface area contributed by atoms with Crippen LogP contribution in [0.5, 0.6) is 0 Å². The van der Waals surface area contributed by atoms with Crippen LogP contribution in [0.2, 0.25) is 0 Å². The van der Waals surface area contributed by atoms with Gasteiger partial charge in [0.2, 0.25) is 5.01 Å². The van der Waals surface area contributed by atoms with Crippen molar-refractivity contribution < 1.29 is 14.7 Å². The predicted octanol–water partition coefficient (Wildman–Crippen LogP) is 2.93. The minimum Gasteiger partial charge on any atom is -0.476 e. The van der Waals surface area contributed by atoms with Crippen LogP contribution in [0.25, 0.3) is 0 Å². The first kappa shape index (κ1) is 15.6. The molecule has 0 unspecified atom stereocenters. The van der Waals surface area contributed by atoms with E-state index in [-0.39, 0.29) is 16.6 Å². The Morgan fingerprint density at radius 1 is 1.26 bits per heavy atom. The van der Waals surface area contributed by atoms with Crippen molar-refractivity contribution in [2.75, 3.05) is 6.54 Å². The van der Waals surface area contributed by atoms with Crippen LogP contribution in [-0.2, 0) is 0 Å². The lowest BCUT2D eigenvalue weighted by molar-refractivity contribution is 0.0696. The number of carbonyl (C=O) groups excluding carboxylic acids is 1. The van der Waals surface area contributed by atoms with Crippen molar-refractivity contribution >= 4 is 23.2 Å². The molecule has 0 saturated carbocycles. The maximum absolute atomic E-state index is 11.7. The van der Waals surface area contributed by atoms with Crippen LogP contribution in [0.15, 0.2) is 5.38 Å². The highest BCUT2D eigenvalue weighted by Crippen LogP contribution is 2.09. The van der Waals surface area contributed by atoms with Crippen LogP contribution in [0.3, 0.4) is 0 Å². The first-order valence-electron chi connectivity index (χ1n) is 6.62. The number of carbonyl (C=O) groups is 2. The van der Waals surface area contributed by atoms with Gasteiger partial charge in [0, 0.05) is 11.9 Å². The molecule has 0 bridgehead atoms. The molecular formula is C13H20N2O3S. The van der Waals surface area contributed by atoms with E-state index in [9.17, 15) is 9.59 Å². The van der Waals surface area contributed by atoms with Crippen molar-refractivity contribution in [3.63, 3.8) is 0 Å². The third kappa shape index (κ3) is 5.83. The standard InChI is InChI=1S/C13H20N2O3S/c1-2-3-4-5-6-7-8-14-11(16)10-9-19-12(15-10)13(17)18/h9H,2-8H2,1H3,(H,14,16)(H,17,18). The summed E-state index contributed by atoms with van der Waals surface area (Å²) in [6.45, 7) is 2.80. The molecule has 0 aliphatic rings. The lowest BCUT2D eigenvalue weighted by atomic mass is 10.1. The molecular weight excluding hydrogens is 264 g/mol. The molecule has 1 amide bonds. The van der Waals surface area contributed by atoms with Crippen LogP contribution >= 0.6 is 11.3 Å². The molecule has 0 aliphatic carbocycles. The number of hydrogen-bond donors (Lipinski definition) is 2. The Morgan fingerprint density at radius 3 is 2.58 bits per heavy atom. The summed E-state index contributed by atoms with van der Waals surface area (Å²) in [5, 5.41) is 12.9. The minimum atomic E-state index is -1.10. The fourth-order valence-corrected chi connectivity index (χ4v) is 2.31. The zero-order valence-corrected chi connectivity index (χ0v) is 12.0. The van der Waals surface area contributed by atoms with E-state index in [1.807, 2.05) is 0 Å². The molecule has 106 valence electrons. The van der Waals surface area contributed by atoms with Gasteiger partial charge in [0.1, 0.15) is 5.69 Å². The normalized spacial score (nSPS) is 10.4. The molecule has 1 aromatic rings. The van der Waals surface area contributed by atoms with Gasteiger partial charge in [0.15, 0.2) is 0 Å². The molecule has 1 rings (SSSR count). The van der Waals surface area contributed by atoms with E-state index in [1.54, 1.807) is 0 Å². The Balaban J connectivity index is 2.18. The summed E-state index contributed by atoms with van der Waals surface area (Å²) < 4.78 is 0. The molecule has 0 atom stereocenters. The smallest absolute Gasteiger partial charge is 0.365 e. The molecule has 1 heterocycles. The summed E-state index contributed by atoms with van der Waals surface area (Å²) in [4.78, 5) is 26.1. The summed E-state index contributed by atoms with van der Waals surface area (Å²) in [6, 6.07) is 0. The third-order valence-corrected chi connectivity index (χ3v) is 3.57. The second-order valence-electron chi connectivity index (χ2n) is 4.37. The summed E-state index contributed by atoms with van der Waals surface area (Å²) in [5.74, 6) is -1.39. The number of unbranched alkanes of at least 4 members (excludes halogenated alkanes) is 5. The Hall–Kier alpha value is -1.43. The molecule has 2 N–H and O–H groups in total. The molecule has 0 saturated heterocycles. The summed E-state index contributed by atoms with van der Waals surface area (Å²) >= 11 is 0.967. The summed E-state index contributed by atoms with van der Waals surface area (Å²) in [6.07, 6.45) is 7.00. The zero-order chi connectivity index (χ0) is 14.1. The number of nitrogens with zero attached hydrogens (tertiary/aromatic N) is 1. The number of carboxylic acids is 1. The maximum Gasteiger partial charge on any atom is 0.365 e. The zero-order valence-electron chi connectivity index (χ0n) is 11.1. The lowest BCUT2D eigenvalue weighted by Crippen LogP contribution is -2.24. The third-order valence-electron chi connectivity index (χ3n) is 2.74. The van der Waals surface area contributed by atoms with Gasteiger partial charge in [-0.05, 0) is 6.42 Å². The highest BCUT2D eigenvalue weighted by molar-refractivity contribution is 7.11. The number of aromatic nitrogens is 1. The first-order chi connectivity index (χ1) is 9.15. The van der Waals surface area contributed by atoms with Gasteiger partial charge in [0.25, 0.3) is 5.91 Å². The van der Waals surface area contributed by atoms with E-state index >= 15 is 0 Å². The quantitative estimate of drug-likeness (QED) is 0.683. The molecule has 0 aliphatic heterocycles. The number of amides is 1. The van der Waals surface area contributed by atoms with E-state index < -0.39 is 5.97 Å². The number of hydrogen-bond acceptors (Lipinski definition) is 4. The first-order valence-corrected chi connectivity index (χ1v) is 7.50. The largest absolute Gasteiger partial charge is 0.476 e. The number of aromatic carboxylic acids is 1. The predicted molar refractivity (Wildman–Crippen MR) is 74.8 cm³/mol. The maximum atomic E-state index is 11.7. The molecule has 0 fully saturated rings. The van der Waals surface area contributed by atoms with Gasteiger partial charge in [-0.25, -0.2) is 9.78 Å². The van der Waals surface area contributed by atoms with E-state index in [2.05, 4.69) is 17.2 Å².